The van der Waals surface area contributed by atoms with Gasteiger partial charge in [-0.15, -0.1) is 0 Å². The van der Waals surface area contributed by atoms with Gasteiger partial charge in [0.15, 0.2) is 0 Å². The van der Waals surface area contributed by atoms with E-state index in [9.17, 15) is 5.11 Å². The van der Waals surface area contributed by atoms with Gasteiger partial charge in [0.1, 0.15) is 25.0 Å². The molecule has 1 heterocycles. The van der Waals surface area contributed by atoms with Crippen LogP contribution >= 0.6 is 0 Å². The molecule has 3 rings (SSSR count). The summed E-state index contributed by atoms with van der Waals surface area (Å²) in [5.74, 6) is 2.12. The minimum Gasteiger partial charge on any atom is -0.490 e. The van der Waals surface area contributed by atoms with Gasteiger partial charge in [-0.1, -0.05) is 56.3 Å². The molecule has 1 saturated heterocycles. The van der Waals surface area contributed by atoms with E-state index in [2.05, 4.69) is 69.3 Å². The van der Waals surface area contributed by atoms with Gasteiger partial charge >= 0.3 is 0 Å². The van der Waals surface area contributed by atoms with Crippen LogP contribution in [-0.2, 0) is 6.42 Å². The van der Waals surface area contributed by atoms with Crippen LogP contribution in [0.15, 0.2) is 48.5 Å². The van der Waals surface area contributed by atoms with Crippen molar-refractivity contribution in [2.75, 3.05) is 26.2 Å². The molecule has 0 saturated carbocycles. The average molecular weight is 383 g/mol. The lowest BCUT2D eigenvalue weighted by atomic mass is 9.90. The number of quaternary nitrogens is 1. The second-order valence-corrected chi connectivity index (χ2v) is 8.75. The van der Waals surface area contributed by atoms with Gasteiger partial charge in [0.25, 0.3) is 0 Å². The van der Waals surface area contributed by atoms with Crippen LogP contribution in [0.2, 0.25) is 0 Å². The van der Waals surface area contributed by atoms with Crippen molar-refractivity contribution in [1.82, 2.24) is 0 Å². The summed E-state index contributed by atoms with van der Waals surface area (Å²) in [5.41, 5.74) is 3.86. The maximum absolute atomic E-state index is 10.5. The minimum atomic E-state index is -0.416. The molecule has 3 heteroatoms. The van der Waals surface area contributed by atoms with Crippen molar-refractivity contribution in [3.05, 3.63) is 65.2 Å². The minimum absolute atomic E-state index is 0.375. The number of likely N-dealkylation sites (tertiary alicyclic amines) is 1. The Balaban J connectivity index is 1.43. The summed E-state index contributed by atoms with van der Waals surface area (Å²) in [6.45, 7) is 9.89. The third-order valence-corrected chi connectivity index (χ3v) is 5.93. The first-order valence-electron chi connectivity index (χ1n) is 10.8. The van der Waals surface area contributed by atoms with Gasteiger partial charge < -0.3 is 14.7 Å². The van der Waals surface area contributed by atoms with E-state index in [1.54, 1.807) is 0 Å². The molecule has 0 bridgehead atoms. The third-order valence-electron chi connectivity index (χ3n) is 5.93. The number of nitrogens with one attached hydrogen (secondary N) is 1. The van der Waals surface area contributed by atoms with Crippen LogP contribution < -0.4 is 9.64 Å². The molecule has 1 fully saturated rings. The van der Waals surface area contributed by atoms with Crippen LogP contribution in [0.3, 0.4) is 0 Å². The number of rotatable bonds is 8. The van der Waals surface area contributed by atoms with Crippen molar-refractivity contribution in [3.8, 4) is 5.75 Å². The van der Waals surface area contributed by atoms with Crippen molar-refractivity contribution in [3.63, 3.8) is 0 Å². The molecular weight excluding hydrogens is 346 g/mol. The van der Waals surface area contributed by atoms with Gasteiger partial charge in [-0.2, -0.15) is 0 Å². The number of piperidine rings is 1. The Morgan fingerprint density at radius 1 is 1.07 bits per heavy atom. The van der Waals surface area contributed by atoms with Gasteiger partial charge in [0, 0.05) is 0 Å². The highest BCUT2D eigenvalue weighted by Crippen LogP contribution is 2.27. The first-order chi connectivity index (χ1) is 13.5. The highest BCUT2D eigenvalue weighted by atomic mass is 16.5. The Labute approximate surface area is 170 Å². The molecule has 2 N–H and O–H groups in total. The molecule has 0 spiro atoms. The normalized spacial score (nSPS) is 20.9. The summed E-state index contributed by atoms with van der Waals surface area (Å²) in [6, 6.07) is 17.2. The number of ether oxygens (including phenoxy) is 1. The predicted octanol–water partition coefficient (Wildman–Crippen LogP) is 3.40. The van der Waals surface area contributed by atoms with Crippen molar-refractivity contribution < 1.29 is 14.7 Å². The van der Waals surface area contributed by atoms with Crippen LogP contribution in [-0.4, -0.2) is 37.5 Å². The molecule has 2 aromatic carbocycles. The molecule has 0 radical (unpaired) electrons. The topological polar surface area (TPSA) is 33.9 Å². The molecule has 0 aromatic heterocycles. The van der Waals surface area contributed by atoms with E-state index < -0.39 is 6.10 Å². The molecule has 3 nitrogen and oxygen atoms in total. The first-order valence-corrected chi connectivity index (χ1v) is 10.8. The van der Waals surface area contributed by atoms with E-state index >= 15 is 0 Å². The van der Waals surface area contributed by atoms with Crippen molar-refractivity contribution in [1.29, 1.82) is 0 Å². The number of aryl methyl sites for hydroxylation is 1. The van der Waals surface area contributed by atoms with E-state index in [-0.39, 0.29) is 0 Å². The molecule has 1 unspecified atom stereocenters. The summed E-state index contributed by atoms with van der Waals surface area (Å²) < 4.78 is 6.02. The first kappa shape index (κ1) is 20.9. The van der Waals surface area contributed by atoms with E-state index in [4.69, 9.17) is 4.74 Å². The molecule has 0 aliphatic carbocycles. The molecule has 28 heavy (non-hydrogen) atoms. The van der Waals surface area contributed by atoms with Crippen LogP contribution in [0.1, 0.15) is 49.3 Å². The summed E-state index contributed by atoms with van der Waals surface area (Å²) in [6.07, 6.45) is 3.26. The zero-order valence-electron chi connectivity index (χ0n) is 17.7. The van der Waals surface area contributed by atoms with E-state index in [1.165, 1.54) is 40.9 Å². The second-order valence-electron chi connectivity index (χ2n) is 8.75. The summed E-state index contributed by atoms with van der Waals surface area (Å²) >= 11 is 0. The molecule has 0 amide bonds. The van der Waals surface area contributed by atoms with Crippen LogP contribution in [0.5, 0.6) is 5.75 Å². The fourth-order valence-electron chi connectivity index (χ4n) is 4.26. The maximum Gasteiger partial charge on any atom is 0.137 e. The Morgan fingerprint density at radius 2 is 1.79 bits per heavy atom. The van der Waals surface area contributed by atoms with Crippen molar-refractivity contribution in [2.45, 2.75) is 52.1 Å². The third kappa shape index (κ3) is 6.08. The fourth-order valence-corrected chi connectivity index (χ4v) is 4.26. The van der Waals surface area contributed by atoms with Gasteiger partial charge in [-0.05, 0) is 60.8 Å². The number of aliphatic hydroxyl groups excluding tert-OH is 1. The van der Waals surface area contributed by atoms with Crippen LogP contribution in [0, 0.1) is 12.8 Å². The number of hydrogen-bond donors (Lipinski definition) is 2. The van der Waals surface area contributed by atoms with E-state index in [0.717, 1.165) is 31.3 Å². The monoisotopic (exact) mass is 382 g/mol. The van der Waals surface area contributed by atoms with Crippen LogP contribution in [0.25, 0.3) is 0 Å². The lowest BCUT2D eigenvalue weighted by Gasteiger charge is -2.30. The Morgan fingerprint density at radius 3 is 2.46 bits per heavy atom. The summed E-state index contributed by atoms with van der Waals surface area (Å²) in [7, 11) is 0. The Kier molecular flexibility index (Phi) is 7.52. The van der Waals surface area contributed by atoms with Gasteiger partial charge in [0.2, 0.25) is 0 Å². The fraction of sp³-hybridized carbons (Fsp3) is 0.520. The van der Waals surface area contributed by atoms with Gasteiger partial charge in [0.05, 0.1) is 13.1 Å². The van der Waals surface area contributed by atoms with Gasteiger partial charge in [-0.3, -0.25) is 0 Å². The highest BCUT2D eigenvalue weighted by Gasteiger charge is 2.24. The zero-order valence-corrected chi connectivity index (χ0v) is 17.7. The molecule has 1 atom stereocenters. The molecule has 152 valence electrons. The van der Waals surface area contributed by atoms with Gasteiger partial charge in [-0.25, -0.2) is 0 Å². The lowest BCUT2D eigenvalue weighted by Crippen LogP contribution is -3.14. The number of benzene rings is 2. The predicted molar refractivity (Wildman–Crippen MR) is 115 cm³/mol. The van der Waals surface area contributed by atoms with Crippen molar-refractivity contribution in [2.24, 2.45) is 5.92 Å². The summed E-state index contributed by atoms with van der Waals surface area (Å²) in [5, 5.41) is 10.5. The highest BCUT2D eigenvalue weighted by molar-refractivity contribution is 5.39. The molecular formula is C25H36NO2+. The van der Waals surface area contributed by atoms with Crippen molar-refractivity contribution >= 4 is 0 Å². The SMILES string of the molecule is Cc1ccc(C(C)C)c(OCC(O)C[NH+]2CCC(Cc3ccccc3)CC2)c1. The number of hydrogen-bond acceptors (Lipinski definition) is 2. The maximum atomic E-state index is 10.5. The standard InChI is InChI=1S/C25H35NO2/c1-19(2)24-10-9-20(3)15-25(24)28-18-23(27)17-26-13-11-22(12-14-26)16-21-7-5-4-6-8-21/h4-10,15,19,22-23,27H,11-14,16-18H2,1-3H3/p+1. The molecule has 1 aliphatic rings. The zero-order chi connectivity index (χ0) is 19.9. The Hall–Kier alpha value is -1.84. The van der Waals surface area contributed by atoms with Crippen LogP contribution in [0.4, 0.5) is 0 Å². The van der Waals surface area contributed by atoms with E-state index in [1.807, 2.05) is 0 Å². The summed E-state index contributed by atoms with van der Waals surface area (Å²) in [4.78, 5) is 1.51. The largest absolute Gasteiger partial charge is 0.490 e. The second kappa shape index (κ2) is 10.1. The molecule has 2 aromatic rings. The van der Waals surface area contributed by atoms with E-state index in [0.29, 0.717) is 12.5 Å². The average Bonchev–Trinajstić information content (AvgIpc) is 2.68. The molecule has 1 aliphatic heterocycles. The smallest absolute Gasteiger partial charge is 0.137 e. The Bertz CT molecular complexity index is 721. The number of aliphatic hydroxyl groups is 1. The quantitative estimate of drug-likeness (QED) is 0.734. The lowest BCUT2D eigenvalue weighted by molar-refractivity contribution is -0.909.